The third-order valence-corrected chi connectivity index (χ3v) is 2.93. The van der Waals surface area contributed by atoms with Crippen molar-refractivity contribution in [3.63, 3.8) is 0 Å². The second kappa shape index (κ2) is 4.66. The van der Waals surface area contributed by atoms with Crippen LogP contribution in [-0.4, -0.2) is 40.8 Å². The van der Waals surface area contributed by atoms with Crippen molar-refractivity contribution >= 4 is 0 Å². The molecule has 1 aliphatic heterocycles. The maximum Gasteiger partial charge on any atom is 0.435 e. The molecule has 1 atom stereocenters. The second-order valence-corrected chi connectivity index (χ2v) is 4.30. The summed E-state index contributed by atoms with van der Waals surface area (Å²) in [5.41, 5.74) is -0.346. The minimum absolute atomic E-state index is 0.321. The lowest BCUT2D eigenvalue weighted by atomic mass is 10.2. The summed E-state index contributed by atoms with van der Waals surface area (Å²) in [6.45, 7) is 5.09. The first-order valence-corrected chi connectivity index (χ1v) is 5.53. The first-order valence-electron chi connectivity index (χ1n) is 5.53. The van der Waals surface area contributed by atoms with Crippen LogP contribution in [-0.2, 0) is 12.7 Å². The van der Waals surface area contributed by atoms with Gasteiger partial charge >= 0.3 is 6.18 Å². The summed E-state index contributed by atoms with van der Waals surface area (Å²) in [7, 11) is 0. The quantitative estimate of drug-likeness (QED) is 0.827. The van der Waals surface area contributed by atoms with Gasteiger partial charge in [-0.05, 0) is 13.0 Å². The highest BCUT2D eigenvalue weighted by Gasteiger charge is 2.34. The summed E-state index contributed by atoms with van der Waals surface area (Å²) in [4.78, 5) is 2.13. The van der Waals surface area contributed by atoms with Crippen LogP contribution in [0.15, 0.2) is 6.07 Å². The Balaban J connectivity index is 2.01. The molecular formula is C10H15F3N4. The van der Waals surface area contributed by atoms with E-state index in [4.69, 9.17) is 0 Å². The van der Waals surface area contributed by atoms with Crippen molar-refractivity contribution in [2.24, 2.45) is 0 Å². The van der Waals surface area contributed by atoms with Gasteiger partial charge in [0.05, 0.1) is 0 Å². The normalized spacial score (nSPS) is 22.9. The van der Waals surface area contributed by atoms with Crippen LogP contribution in [0.25, 0.3) is 0 Å². The molecule has 1 fully saturated rings. The largest absolute Gasteiger partial charge is 0.435 e. The van der Waals surface area contributed by atoms with Crippen molar-refractivity contribution in [2.45, 2.75) is 25.7 Å². The molecule has 1 aromatic heterocycles. The minimum Gasteiger partial charge on any atom is -0.314 e. The first kappa shape index (κ1) is 12.4. The Labute approximate surface area is 97.2 Å². The fraction of sp³-hybridized carbons (Fsp3) is 0.700. The van der Waals surface area contributed by atoms with Crippen LogP contribution in [0.2, 0.25) is 0 Å². The number of hydrogen-bond acceptors (Lipinski definition) is 3. The number of aromatic amines is 1. The van der Waals surface area contributed by atoms with Crippen molar-refractivity contribution in [1.82, 2.24) is 20.4 Å². The molecule has 0 bridgehead atoms. The van der Waals surface area contributed by atoms with Gasteiger partial charge in [-0.1, -0.05) is 0 Å². The van der Waals surface area contributed by atoms with Gasteiger partial charge in [0.2, 0.25) is 0 Å². The lowest BCUT2D eigenvalue weighted by Crippen LogP contribution is -2.49. The maximum atomic E-state index is 12.4. The van der Waals surface area contributed by atoms with Gasteiger partial charge in [-0.2, -0.15) is 18.3 Å². The molecule has 4 nitrogen and oxygen atoms in total. The fourth-order valence-electron chi connectivity index (χ4n) is 1.92. The molecule has 2 heterocycles. The molecule has 96 valence electrons. The van der Waals surface area contributed by atoms with E-state index in [9.17, 15) is 13.2 Å². The number of halogens is 3. The molecule has 1 aliphatic rings. The third kappa shape index (κ3) is 2.98. The highest BCUT2D eigenvalue weighted by atomic mass is 19.4. The molecule has 0 spiro atoms. The number of aromatic nitrogens is 2. The molecule has 0 aromatic carbocycles. The summed E-state index contributed by atoms with van der Waals surface area (Å²) < 4.78 is 37.1. The minimum atomic E-state index is -4.37. The van der Waals surface area contributed by atoms with E-state index in [2.05, 4.69) is 20.4 Å². The number of nitrogens with zero attached hydrogens (tertiary/aromatic N) is 2. The zero-order chi connectivity index (χ0) is 12.5. The van der Waals surface area contributed by atoms with E-state index in [1.807, 2.05) is 6.92 Å². The number of H-pyrrole nitrogens is 1. The Morgan fingerprint density at radius 3 is 2.88 bits per heavy atom. The van der Waals surface area contributed by atoms with E-state index in [-0.39, 0.29) is 0 Å². The van der Waals surface area contributed by atoms with E-state index in [1.165, 1.54) is 0 Å². The summed E-state index contributed by atoms with van der Waals surface area (Å²) >= 11 is 0. The summed E-state index contributed by atoms with van der Waals surface area (Å²) in [6.07, 6.45) is -4.37. The molecular weight excluding hydrogens is 233 g/mol. The zero-order valence-electron chi connectivity index (χ0n) is 9.51. The van der Waals surface area contributed by atoms with Gasteiger partial charge in [0.15, 0.2) is 5.69 Å². The van der Waals surface area contributed by atoms with Crippen molar-refractivity contribution in [3.05, 3.63) is 17.5 Å². The fourth-order valence-corrected chi connectivity index (χ4v) is 1.92. The molecule has 1 aromatic rings. The monoisotopic (exact) mass is 248 g/mol. The number of alkyl halides is 3. The molecule has 2 rings (SSSR count). The van der Waals surface area contributed by atoms with E-state index in [0.717, 1.165) is 25.7 Å². The number of hydrogen-bond donors (Lipinski definition) is 2. The van der Waals surface area contributed by atoms with E-state index >= 15 is 0 Å². The topological polar surface area (TPSA) is 44.0 Å². The van der Waals surface area contributed by atoms with Crippen LogP contribution in [0.4, 0.5) is 13.2 Å². The highest BCUT2D eigenvalue weighted by molar-refractivity contribution is 5.11. The maximum absolute atomic E-state index is 12.4. The van der Waals surface area contributed by atoms with Gasteiger partial charge in [0, 0.05) is 37.9 Å². The molecule has 7 heteroatoms. The molecule has 0 amide bonds. The van der Waals surface area contributed by atoms with Crippen LogP contribution in [0.1, 0.15) is 18.3 Å². The van der Waals surface area contributed by atoms with Gasteiger partial charge in [-0.3, -0.25) is 10.00 Å². The number of rotatable bonds is 2. The van der Waals surface area contributed by atoms with Crippen molar-refractivity contribution < 1.29 is 13.2 Å². The van der Waals surface area contributed by atoms with E-state index in [1.54, 1.807) is 0 Å². The summed E-state index contributed by atoms with van der Waals surface area (Å²) in [5.74, 6) is 0. The van der Waals surface area contributed by atoms with Gasteiger partial charge in [-0.15, -0.1) is 0 Å². The molecule has 0 aliphatic carbocycles. The van der Waals surface area contributed by atoms with Crippen LogP contribution in [0.5, 0.6) is 0 Å². The van der Waals surface area contributed by atoms with Crippen molar-refractivity contribution in [3.8, 4) is 0 Å². The average molecular weight is 248 g/mol. The molecule has 1 unspecified atom stereocenters. The van der Waals surface area contributed by atoms with Crippen LogP contribution in [0.3, 0.4) is 0 Å². The Kier molecular flexibility index (Phi) is 3.39. The van der Waals surface area contributed by atoms with Crippen LogP contribution < -0.4 is 5.32 Å². The smallest absolute Gasteiger partial charge is 0.314 e. The van der Waals surface area contributed by atoms with Gasteiger partial charge in [-0.25, -0.2) is 0 Å². The second-order valence-electron chi connectivity index (χ2n) is 4.30. The highest BCUT2D eigenvalue weighted by Crippen LogP contribution is 2.27. The van der Waals surface area contributed by atoms with Crippen LogP contribution in [0, 0.1) is 0 Å². The number of nitrogens with one attached hydrogen (secondary N) is 2. The Bertz CT molecular complexity index is 374. The predicted octanol–water partition coefficient (Wildman–Crippen LogP) is 1.22. The van der Waals surface area contributed by atoms with Gasteiger partial charge in [0.1, 0.15) is 0 Å². The van der Waals surface area contributed by atoms with Gasteiger partial charge < -0.3 is 5.32 Å². The number of piperazine rings is 1. The predicted molar refractivity (Wildman–Crippen MR) is 56.3 cm³/mol. The molecule has 0 saturated carbocycles. The molecule has 17 heavy (non-hydrogen) atoms. The lowest BCUT2D eigenvalue weighted by Gasteiger charge is -2.33. The van der Waals surface area contributed by atoms with Crippen molar-refractivity contribution in [2.75, 3.05) is 19.6 Å². The van der Waals surface area contributed by atoms with Gasteiger partial charge in [0.25, 0.3) is 0 Å². The van der Waals surface area contributed by atoms with E-state index in [0.29, 0.717) is 18.3 Å². The molecule has 2 N–H and O–H groups in total. The first-order chi connectivity index (χ1) is 7.97. The molecule has 1 saturated heterocycles. The van der Waals surface area contributed by atoms with E-state index < -0.39 is 11.9 Å². The molecule has 0 radical (unpaired) electrons. The average Bonchev–Trinajstić information content (AvgIpc) is 2.69. The Hall–Kier alpha value is -1.08. The Morgan fingerprint density at radius 1 is 1.53 bits per heavy atom. The summed E-state index contributed by atoms with van der Waals surface area (Å²) in [5, 5.41) is 8.97. The SMILES string of the molecule is CC1CNCCN1Cc1cc(C(F)(F)F)n[nH]1. The summed E-state index contributed by atoms with van der Waals surface area (Å²) in [6, 6.07) is 1.40. The van der Waals surface area contributed by atoms with Crippen LogP contribution >= 0.6 is 0 Å². The van der Waals surface area contributed by atoms with Crippen molar-refractivity contribution in [1.29, 1.82) is 0 Å². The zero-order valence-corrected chi connectivity index (χ0v) is 9.51. The third-order valence-electron chi connectivity index (χ3n) is 2.93. The standard InChI is InChI=1S/C10H15F3N4/c1-7-5-14-2-3-17(7)6-8-4-9(16-15-8)10(11,12)13/h4,7,14H,2-3,5-6H2,1H3,(H,15,16). The Morgan fingerprint density at radius 2 is 2.29 bits per heavy atom. The lowest BCUT2D eigenvalue weighted by molar-refractivity contribution is -0.141.